The van der Waals surface area contributed by atoms with Gasteiger partial charge in [-0.3, -0.25) is 0 Å². The van der Waals surface area contributed by atoms with Crippen molar-refractivity contribution in [3.8, 4) is 0 Å². The third-order valence-electron chi connectivity index (χ3n) is 5.44. The van der Waals surface area contributed by atoms with Gasteiger partial charge in [-0.15, -0.1) is 0 Å². The van der Waals surface area contributed by atoms with Crippen molar-refractivity contribution in [3.63, 3.8) is 0 Å². The van der Waals surface area contributed by atoms with Gasteiger partial charge >= 0.3 is 0 Å². The zero-order valence-electron chi connectivity index (χ0n) is 11.8. The van der Waals surface area contributed by atoms with Crippen LogP contribution in [0.4, 0.5) is 0 Å². The number of aliphatic hydroxyl groups excluding tert-OH is 1. The lowest BCUT2D eigenvalue weighted by Crippen LogP contribution is -2.57. The third kappa shape index (κ3) is 2.86. The fraction of sp³-hybridized carbons (Fsp3) is 1.00. The Morgan fingerprint density at radius 2 is 1.24 bits per heavy atom. The van der Waals surface area contributed by atoms with E-state index in [1.807, 2.05) is 0 Å². The molecule has 0 aromatic carbocycles. The quantitative estimate of drug-likeness (QED) is 0.657. The van der Waals surface area contributed by atoms with Gasteiger partial charge in [-0.1, -0.05) is 65.2 Å². The first kappa shape index (κ1) is 13.4. The van der Waals surface area contributed by atoms with E-state index >= 15 is 0 Å². The molecule has 2 aliphatic carbocycles. The van der Waals surface area contributed by atoms with Crippen molar-refractivity contribution < 1.29 is 5.11 Å². The fourth-order valence-corrected chi connectivity index (χ4v) is 4.17. The van der Waals surface area contributed by atoms with Gasteiger partial charge in [-0.2, -0.15) is 0 Å². The summed E-state index contributed by atoms with van der Waals surface area (Å²) in [7, 11) is 0. The summed E-state index contributed by atoms with van der Waals surface area (Å²) in [5, 5.41) is 10.3. The van der Waals surface area contributed by atoms with Crippen molar-refractivity contribution in [3.05, 3.63) is 0 Å². The Morgan fingerprint density at radius 3 is 1.82 bits per heavy atom. The summed E-state index contributed by atoms with van der Waals surface area (Å²) in [6.07, 6.45) is 13.8. The summed E-state index contributed by atoms with van der Waals surface area (Å²) >= 11 is 0. The molecule has 0 spiro atoms. The van der Waals surface area contributed by atoms with Crippen LogP contribution in [0.3, 0.4) is 0 Å². The predicted molar refractivity (Wildman–Crippen MR) is 72.9 cm³/mol. The molecule has 1 N–H and O–H groups in total. The number of hydrogen-bond acceptors (Lipinski definition) is 1. The Bertz CT molecular complexity index is 234. The van der Waals surface area contributed by atoms with Crippen LogP contribution in [0, 0.1) is 17.3 Å². The molecular weight excluding hydrogens is 208 g/mol. The van der Waals surface area contributed by atoms with Crippen molar-refractivity contribution in [2.24, 2.45) is 17.3 Å². The first-order chi connectivity index (χ1) is 8.14. The van der Waals surface area contributed by atoms with Gasteiger partial charge in [0.05, 0.1) is 6.10 Å². The smallest absolute Gasteiger partial charge is 0.0624 e. The maximum absolute atomic E-state index is 10.3. The largest absolute Gasteiger partial charge is 0.392 e. The number of fused-ring (bicyclic) bond motifs is 1. The molecular formula is C16H30O. The summed E-state index contributed by atoms with van der Waals surface area (Å²) in [5.41, 5.74) is 0.189. The van der Waals surface area contributed by atoms with E-state index in [-0.39, 0.29) is 11.5 Å². The molecule has 3 atom stereocenters. The van der Waals surface area contributed by atoms with Crippen LogP contribution in [0.15, 0.2) is 0 Å². The van der Waals surface area contributed by atoms with Crippen LogP contribution in [0.1, 0.15) is 78.1 Å². The minimum Gasteiger partial charge on any atom is -0.392 e. The lowest BCUT2D eigenvalue weighted by molar-refractivity contribution is -0.166. The van der Waals surface area contributed by atoms with E-state index in [4.69, 9.17) is 0 Å². The molecule has 17 heavy (non-hydrogen) atoms. The van der Waals surface area contributed by atoms with Gasteiger partial charge in [0.2, 0.25) is 0 Å². The van der Waals surface area contributed by atoms with E-state index in [0.717, 1.165) is 5.92 Å². The maximum Gasteiger partial charge on any atom is 0.0624 e. The highest BCUT2D eigenvalue weighted by Gasteiger charge is 2.54. The van der Waals surface area contributed by atoms with Gasteiger partial charge in [0.25, 0.3) is 0 Å². The molecule has 0 heterocycles. The normalized spacial score (nSPS) is 39.4. The van der Waals surface area contributed by atoms with Crippen LogP contribution in [0.2, 0.25) is 0 Å². The monoisotopic (exact) mass is 238 g/mol. The van der Waals surface area contributed by atoms with Crippen LogP contribution < -0.4 is 0 Å². The minimum absolute atomic E-state index is 0.0320. The molecule has 1 heteroatoms. The van der Waals surface area contributed by atoms with Crippen LogP contribution in [-0.2, 0) is 0 Å². The second-order valence-corrected chi connectivity index (χ2v) is 6.94. The SMILES string of the molecule is CC1(C)C(O)C2CCCCCCCCCCC21. The molecule has 0 saturated heterocycles. The van der Waals surface area contributed by atoms with Crippen molar-refractivity contribution >= 4 is 0 Å². The van der Waals surface area contributed by atoms with Crippen molar-refractivity contribution in [2.45, 2.75) is 84.2 Å². The van der Waals surface area contributed by atoms with Crippen LogP contribution in [0.25, 0.3) is 0 Å². The molecule has 0 amide bonds. The fourth-order valence-electron chi connectivity index (χ4n) is 4.17. The zero-order chi connectivity index (χ0) is 12.3. The Balaban J connectivity index is 1.90. The third-order valence-corrected chi connectivity index (χ3v) is 5.44. The molecule has 100 valence electrons. The van der Waals surface area contributed by atoms with Crippen LogP contribution in [-0.4, -0.2) is 11.2 Å². The topological polar surface area (TPSA) is 20.2 Å². The summed E-state index contributed by atoms with van der Waals surface area (Å²) in [6, 6.07) is 0. The number of hydrogen-bond donors (Lipinski definition) is 1. The van der Waals surface area contributed by atoms with Gasteiger partial charge in [-0.25, -0.2) is 0 Å². The second-order valence-electron chi connectivity index (χ2n) is 6.94. The van der Waals surface area contributed by atoms with Gasteiger partial charge < -0.3 is 5.11 Å². The summed E-state index contributed by atoms with van der Waals surface area (Å²) < 4.78 is 0. The molecule has 1 nitrogen and oxygen atoms in total. The highest BCUT2D eigenvalue weighted by molar-refractivity contribution is 5.03. The van der Waals surface area contributed by atoms with Gasteiger partial charge in [0, 0.05) is 0 Å². The first-order valence-electron chi connectivity index (χ1n) is 7.82. The van der Waals surface area contributed by atoms with E-state index in [1.54, 1.807) is 0 Å². The standard InChI is InChI=1S/C16H30O/c1-16(2)14-12-10-8-6-4-3-5-7-9-11-13(14)15(16)17/h13-15,17H,3-12H2,1-2H3. The maximum atomic E-state index is 10.3. The Hall–Kier alpha value is -0.0400. The summed E-state index contributed by atoms with van der Waals surface area (Å²) in [4.78, 5) is 0. The highest BCUT2D eigenvalue weighted by atomic mass is 16.3. The molecule has 2 rings (SSSR count). The number of aliphatic hydroxyl groups is 1. The van der Waals surface area contributed by atoms with Crippen molar-refractivity contribution in [1.82, 2.24) is 0 Å². The van der Waals surface area contributed by atoms with Gasteiger partial charge in [0.1, 0.15) is 0 Å². The second kappa shape index (κ2) is 5.73. The molecule has 0 aromatic rings. The lowest BCUT2D eigenvalue weighted by Gasteiger charge is -2.57. The Morgan fingerprint density at radius 1 is 0.765 bits per heavy atom. The average Bonchev–Trinajstić information content (AvgIpc) is 2.29. The number of rotatable bonds is 0. The Labute approximate surface area is 107 Å². The van der Waals surface area contributed by atoms with Crippen LogP contribution in [0.5, 0.6) is 0 Å². The van der Waals surface area contributed by atoms with Crippen molar-refractivity contribution in [2.75, 3.05) is 0 Å². The molecule has 3 unspecified atom stereocenters. The van der Waals surface area contributed by atoms with E-state index in [1.165, 1.54) is 64.2 Å². The van der Waals surface area contributed by atoms with E-state index in [9.17, 15) is 5.11 Å². The lowest BCUT2D eigenvalue weighted by atomic mass is 9.51. The first-order valence-corrected chi connectivity index (χ1v) is 7.82. The summed E-state index contributed by atoms with van der Waals surface area (Å²) in [5.74, 6) is 1.40. The highest BCUT2D eigenvalue weighted by Crippen LogP contribution is 2.55. The molecule has 0 radical (unpaired) electrons. The molecule has 0 aliphatic heterocycles. The molecule has 2 fully saturated rings. The molecule has 0 aromatic heterocycles. The Kier molecular flexibility index (Phi) is 4.52. The molecule has 0 bridgehead atoms. The minimum atomic E-state index is -0.0320. The van der Waals surface area contributed by atoms with Crippen molar-refractivity contribution in [1.29, 1.82) is 0 Å². The predicted octanol–water partition coefficient (Wildman–Crippen LogP) is 4.53. The average molecular weight is 238 g/mol. The van der Waals surface area contributed by atoms with Gasteiger partial charge in [-0.05, 0) is 30.1 Å². The molecule has 2 saturated carbocycles. The van der Waals surface area contributed by atoms with E-state index < -0.39 is 0 Å². The molecule has 2 aliphatic rings. The van der Waals surface area contributed by atoms with Gasteiger partial charge in [0.15, 0.2) is 0 Å². The van der Waals surface area contributed by atoms with E-state index in [0.29, 0.717) is 5.92 Å². The summed E-state index contributed by atoms with van der Waals surface area (Å²) in [6.45, 7) is 4.54. The van der Waals surface area contributed by atoms with Crippen LogP contribution >= 0.6 is 0 Å². The zero-order valence-corrected chi connectivity index (χ0v) is 11.8. The van der Waals surface area contributed by atoms with E-state index in [2.05, 4.69) is 13.8 Å².